The van der Waals surface area contributed by atoms with E-state index < -0.39 is 15.1 Å². The molecule has 0 bridgehead atoms. The summed E-state index contributed by atoms with van der Waals surface area (Å²) in [5.74, 6) is -0.144. The minimum atomic E-state index is -3.06. The predicted molar refractivity (Wildman–Crippen MR) is 65.9 cm³/mol. The molecular weight excluding hydrogens is 260 g/mol. The van der Waals surface area contributed by atoms with Gasteiger partial charge in [-0.25, -0.2) is 13.4 Å². The highest BCUT2D eigenvalue weighted by Crippen LogP contribution is 2.21. The predicted octanol–water partition coefficient (Wildman–Crippen LogP) is 0.791. The standard InChI is InChI=1S/C10H14N2O3S2/c1-7-8(2)17(14,15)4-3-12(7)10(13)9-5-16-6-11-9/h5-8H,3-4H2,1-2H3/t7-,8+/m0/s1. The molecule has 1 aliphatic rings. The lowest BCUT2D eigenvalue weighted by Gasteiger charge is -2.37. The Morgan fingerprint density at radius 1 is 1.53 bits per heavy atom. The number of sulfone groups is 1. The third-order valence-corrected chi connectivity index (χ3v) is 6.13. The van der Waals surface area contributed by atoms with Crippen molar-refractivity contribution in [1.29, 1.82) is 0 Å². The topological polar surface area (TPSA) is 67.3 Å². The lowest BCUT2D eigenvalue weighted by Crippen LogP contribution is -2.54. The van der Waals surface area contributed by atoms with E-state index in [1.165, 1.54) is 11.3 Å². The summed E-state index contributed by atoms with van der Waals surface area (Å²) in [7, 11) is -3.06. The van der Waals surface area contributed by atoms with Gasteiger partial charge in [0.15, 0.2) is 9.84 Å². The molecule has 0 saturated carbocycles. The van der Waals surface area contributed by atoms with Gasteiger partial charge in [0.1, 0.15) is 5.69 Å². The fourth-order valence-electron chi connectivity index (χ4n) is 1.92. The Bertz CT molecular complexity index is 510. The van der Waals surface area contributed by atoms with Crippen molar-refractivity contribution in [3.63, 3.8) is 0 Å². The third-order valence-electron chi connectivity index (χ3n) is 3.27. The summed E-state index contributed by atoms with van der Waals surface area (Å²) in [5, 5.41) is 1.17. The Morgan fingerprint density at radius 2 is 2.24 bits per heavy atom. The van der Waals surface area contributed by atoms with E-state index in [2.05, 4.69) is 4.98 Å². The SMILES string of the molecule is C[C@@H]1[C@H](C)N(C(=O)c2cscn2)CCS1(=O)=O. The van der Waals surface area contributed by atoms with Gasteiger partial charge in [-0.15, -0.1) is 11.3 Å². The van der Waals surface area contributed by atoms with Crippen LogP contribution in [0.25, 0.3) is 0 Å². The molecular formula is C10H14N2O3S2. The first-order valence-corrected chi connectivity index (χ1v) is 8.00. The molecule has 5 nitrogen and oxygen atoms in total. The van der Waals surface area contributed by atoms with Gasteiger partial charge in [-0.05, 0) is 13.8 Å². The van der Waals surface area contributed by atoms with Gasteiger partial charge in [0.05, 0.1) is 16.5 Å². The zero-order valence-electron chi connectivity index (χ0n) is 9.66. The van der Waals surface area contributed by atoms with E-state index in [0.717, 1.165) is 0 Å². The van der Waals surface area contributed by atoms with E-state index in [4.69, 9.17) is 0 Å². The van der Waals surface area contributed by atoms with Gasteiger partial charge in [0.2, 0.25) is 0 Å². The number of hydrogen-bond donors (Lipinski definition) is 0. The summed E-state index contributed by atoms with van der Waals surface area (Å²) in [6.07, 6.45) is 0. The van der Waals surface area contributed by atoms with Crippen LogP contribution in [0, 0.1) is 0 Å². The summed E-state index contributed by atoms with van der Waals surface area (Å²) in [4.78, 5) is 17.7. The minimum absolute atomic E-state index is 0.0361. The average Bonchev–Trinajstić information content (AvgIpc) is 2.79. The Morgan fingerprint density at radius 3 is 2.82 bits per heavy atom. The molecule has 0 radical (unpaired) electrons. The highest BCUT2D eigenvalue weighted by Gasteiger charge is 2.38. The lowest BCUT2D eigenvalue weighted by molar-refractivity contribution is 0.0688. The maximum absolute atomic E-state index is 12.1. The lowest BCUT2D eigenvalue weighted by atomic mass is 10.2. The van der Waals surface area contributed by atoms with Crippen LogP contribution in [-0.4, -0.2) is 47.8 Å². The van der Waals surface area contributed by atoms with Crippen molar-refractivity contribution in [2.45, 2.75) is 25.1 Å². The second-order valence-corrected chi connectivity index (χ2v) is 7.38. The van der Waals surface area contributed by atoms with Crippen LogP contribution in [0.4, 0.5) is 0 Å². The molecule has 2 atom stereocenters. The molecule has 1 fully saturated rings. The van der Waals surface area contributed by atoms with E-state index >= 15 is 0 Å². The highest BCUT2D eigenvalue weighted by molar-refractivity contribution is 7.92. The third kappa shape index (κ3) is 2.21. The first-order chi connectivity index (χ1) is 7.93. The van der Waals surface area contributed by atoms with Crippen LogP contribution in [0.5, 0.6) is 0 Å². The first kappa shape index (κ1) is 12.5. The quantitative estimate of drug-likeness (QED) is 0.759. The molecule has 1 amide bonds. The summed E-state index contributed by atoms with van der Waals surface area (Å²) in [6.45, 7) is 3.68. The van der Waals surface area contributed by atoms with Crippen LogP contribution in [0.15, 0.2) is 10.9 Å². The van der Waals surface area contributed by atoms with Crippen molar-refractivity contribution in [3.8, 4) is 0 Å². The Labute approximate surface area is 104 Å². The zero-order chi connectivity index (χ0) is 12.6. The fourth-order valence-corrected chi connectivity index (χ4v) is 4.02. The van der Waals surface area contributed by atoms with E-state index in [0.29, 0.717) is 5.69 Å². The Hall–Kier alpha value is -0.950. The van der Waals surface area contributed by atoms with Crippen LogP contribution in [0.2, 0.25) is 0 Å². The van der Waals surface area contributed by atoms with E-state index in [1.54, 1.807) is 29.6 Å². The van der Waals surface area contributed by atoms with Gasteiger partial charge in [0.25, 0.3) is 5.91 Å². The molecule has 0 N–H and O–H groups in total. The number of aromatic nitrogens is 1. The number of rotatable bonds is 1. The van der Waals surface area contributed by atoms with Crippen molar-refractivity contribution in [3.05, 3.63) is 16.6 Å². The largest absolute Gasteiger partial charge is 0.332 e. The van der Waals surface area contributed by atoms with Crippen molar-refractivity contribution < 1.29 is 13.2 Å². The van der Waals surface area contributed by atoms with E-state index in [-0.39, 0.29) is 24.2 Å². The van der Waals surface area contributed by atoms with Crippen molar-refractivity contribution >= 4 is 27.1 Å². The number of carbonyl (C=O) groups is 1. The van der Waals surface area contributed by atoms with Crippen LogP contribution >= 0.6 is 11.3 Å². The number of nitrogens with zero attached hydrogens (tertiary/aromatic N) is 2. The molecule has 1 saturated heterocycles. The minimum Gasteiger partial charge on any atom is -0.332 e. The molecule has 0 aromatic carbocycles. The molecule has 0 unspecified atom stereocenters. The van der Waals surface area contributed by atoms with Gasteiger partial charge in [0, 0.05) is 18.0 Å². The molecule has 94 valence electrons. The molecule has 7 heteroatoms. The van der Waals surface area contributed by atoms with Crippen molar-refractivity contribution in [2.24, 2.45) is 0 Å². The number of carbonyl (C=O) groups excluding carboxylic acids is 1. The van der Waals surface area contributed by atoms with Crippen LogP contribution in [0.1, 0.15) is 24.3 Å². The van der Waals surface area contributed by atoms with Crippen molar-refractivity contribution in [2.75, 3.05) is 12.3 Å². The van der Waals surface area contributed by atoms with Crippen LogP contribution < -0.4 is 0 Å². The number of thiazole rings is 1. The van der Waals surface area contributed by atoms with Crippen molar-refractivity contribution in [1.82, 2.24) is 9.88 Å². The smallest absolute Gasteiger partial charge is 0.273 e. The number of hydrogen-bond acceptors (Lipinski definition) is 5. The van der Waals surface area contributed by atoms with Gasteiger partial charge in [-0.1, -0.05) is 0 Å². The molecule has 1 aromatic heterocycles. The normalized spacial score (nSPS) is 28.0. The Balaban J connectivity index is 2.22. The second-order valence-electron chi connectivity index (χ2n) is 4.18. The monoisotopic (exact) mass is 274 g/mol. The van der Waals surface area contributed by atoms with Gasteiger partial charge >= 0.3 is 0 Å². The van der Waals surface area contributed by atoms with Gasteiger partial charge < -0.3 is 4.90 Å². The molecule has 2 heterocycles. The van der Waals surface area contributed by atoms with Crippen LogP contribution in [-0.2, 0) is 9.84 Å². The summed E-state index contributed by atoms with van der Waals surface area (Å²) < 4.78 is 23.4. The molecule has 17 heavy (non-hydrogen) atoms. The van der Waals surface area contributed by atoms with E-state index in [9.17, 15) is 13.2 Å². The summed E-state index contributed by atoms with van der Waals surface area (Å²) >= 11 is 1.36. The molecule has 0 aliphatic carbocycles. The Kier molecular flexibility index (Phi) is 3.22. The second kappa shape index (κ2) is 4.38. The van der Waals surface area contributed by atoms with Gasteiger partial charge in [-0.2, -0.15) is 0 Å². The van der Waals surface area contributed by atoms with Crippen LogP contribution in [0.3, 0.4) is 0 Å². The highest BCUT2D eigenvalue weighted by atomic mass is 32.2. The number of amides is 1. The molecule has 1 aliphatic heterocycles. The summed E-state index contributed by atoms with van der Waals surface area (Å²) in [5.41, 5.74) is 2.00. The maximum Gasteiger partial charge on any atom is 0.273 e. The molecule has 1 aromatic rings. The molecule has 2 rings (SSSR count). The average molecular weight is 274 g/mol. The first-order valence-electron chi connectivity index (χ1n) is 5.34. The van der Waals surface area contributed by atoms with Gasteiger partial charge in [-0.3, -0.25) is 4.79 Å². The fraction of sp³-hybridized carbons (Fsp3) is 0.600. The molecule has 0 spiro atoms. The van der Waals surface area contributed by atoms with E-state index in [1.807, 2.05) is 0 Å². The zero-order valence-corrected chi connectivity index (χ0v) is 11.3. The maximum atomic E-state index is 12.1. The summed E-state index contributed by atoms with van der Waals surface area (Å²) in [6, 6.07) is -0.303.